The number of esters is 1. The summed E-state index contributed by atoms with van der Waals surface area (Å²) in [4.78, 5) is 40.3. The molecule has 0 heterocycles. The zero-order chi connectivity index (χ0) is 65.6. The second kappa shape index (κ2) is 69.5. The maximum Gasteiger partial charge on any atom is 0.306 e. The van der Waals surface area contributed by atoms with Crippen LogP contribution in [0.15, 0.2) is 60.8 Å². The summed E-state index contributed by atoms with van der Waals surface area (Å²) in [6.45, 7) is 6.87. The number of phosphoric ester groups is 1. The Balaban J connectivity index is 4.93. The van der Waals surface area contributed by atoms with Gasteiger partial charge in [-0.25, -0.2) is 0 Å². The van der Waals surface area contributed by atoms with Crippen molar-refractivity contribution in [2.45, 2.75) is 399 Å². The summed E-state index contributed by atoms with van der Waals surface area (Å²) >= 11 is 0. The number of hydrogen-bond donors (Lipinski definition) is 1. The number of quaternary nitrogens is 1. The number of unbranched alkanes of at least 4 members (excludes halogenated alkanes) is 48. The Bertz CT molecular complexity index is 1720. The molecule has 10 heteroatoms. The average molecular weight is 1280 g/mol. The number of hydrogen-bond acceptors (Lipinski definition) is 7. The molecule has 0 rings (SSSR count). The molecule has 528 valence electrons. The minimum atomic E-state index is -4.71. The van der Waals surface area contributed by atoms with Crippen LogP contribution in [0.25, 0.3) is 0 Å². The second-order valence-corrected chi connectivity index (χ2v) is 29.3. The SMILES string of the molecule is CCCCC/C=C\C/C=C\C/C=C\CCCCCCCCCCCCCCCCC(=O)NC(COP(=O)([O-])OCC[N+](C)(C)C)C(/C=C/CCCCCCCCCCCC)OC(=O)CCCCCCCCCCCCCCCCC/C=C/CCCCCCCC. The normalized spacial score (nSPS) is 13.7. The summed E-state index contributed by atoms with van der Waals surface area (Å²) in [7, 11) is 1.20. The molecule has 0 aliphatic carbocycles. The van der Waals surface area contributed by atoms with Gasteiger partial charge in [0.05, 0.1) is 33.8 Å². The highest BCUT2D eigenvalue weighted by Crippen LogP contribution is 2.38. The molecule has 0 bridgehead atoms. The van der Waals surface area contributed by atoms with Crippen molar-refractivity contribution in [2.24, 2.45) is 0 Å². The molecule has 0 saturated carbocycles. The van der Waals surface area contributed by atoms with E-state index in [0.29, 0.717) is 17.4 Å². The standard InChI is InChI=1S/C80H151N2O7P/c1-7-10-13-16-19-22-25-28-30-32-34-36-38-40-41-43-44-46-48-50-52-54-57-60-63-66-69-72-79(83)81-77(76-88-90(85,86)87-75-74-82(4,5)6)78(71-68-65-62-59-56-27-24-21-18-15-12-9-3)89-80(84)73-70-67-64-61-58-55-53-51-49-47-45-42-39-37-35-33-31-29-26-23-20-17-14-11-8-2/h19,22,28-31,34,36,68,71,77-78H,7-18,20-21,23-27,32-33,35,37-67,69-70,72-76H2,1-6H3,(H-,81,83,85,86)/b22-19-,30-28-,31-29+,36-34-,71-68+. The van der Waals surface area contributed by atoms with Gasteiger partial charge in [-0.2, -0.15) is 0 Å². The van der Waals surface area contributed by atoms with Crippen LogP contribution in [0.1, 0.15) is 387 Å². The molecule has 1 N–H and O–H groups in total. The van der Waals surface area contributed by atoms with Crippen molar-refractivity contribution < 1.29 is 37.3 Å². The van der Waals surface area contributed by atoms with Crippen LogP contribution in [0.3, 0.4) is 0 Å². The van der Waals surface area contributed by atoms with Crippen LogP contribution in [0.2, 0.25) is 0 Å². The third-order valence-electron chi connectivity index (χ3n) is 17.7. The number of carbonyl (C=O) groups excluding carboxylic acids is 2. The van der Waals surface area contributed by atoms with E-state index in [-0.39, 0.29) is 31.5 Å². The van der Waals surface area contributed by atoms with Crippen molar-refractivity contribution in [1.82, 2.24) is 5.32 Å². The van der Waals surface area contributed by atoms with Crippen LogP contribution < -0.4 is 10.2 Å². The van der Waals surface area contributed by atoms with Crippen LogP contribution in [-0.2, 0) is 27.9 Å². The largest absolute Gasteiger partial charge is 0.756 e. The Hall–Kier alpha value is -2.29. The molecule has 0 saturated heterocycles. The van der Waals surface area contributed by atoms with E-state index in [1.807, 2.05) is 33.3 Å². The maximum atomic E-state index is 13.6. The monoisotopic (exact) mass is 1280 g/mol. The molecule has 0 aliphatic heterocycles. The Labute approximate surface area is 560 Å². The number of allylic oxidation sites excluding steroid dienone is 9. The molecule has 3 atom stereocenters. The first-order valence-electron chi connectivity index (χ1n) is 39.1. The summed E-state index contributed by atoms with van der Waals surface area (Å²) in [5, 5.41) is 3.06. The Morgan fingerprint density at radius 1 is 0.389 bits per heavy atom. The number of nitrogens with zero attached hydrogens (tertiary/aromatic N) is 1. The van der Waals surface area contributed by atoms with E-state index >= 15 is 0 Å². The van der Waals surface area contributed by atoms with Gasteiger partial charge in [0.15, 0.2) is 0 Å². The van der Waals surface area contributed by atoms with Gasteiger partial charge in [-0.05, 0) is 96.0 Å². The number of amides is 1. The first-order chi connectivity index (χ1) is 43.9. The predicted octanol–water partition coefficient (Wildman–Crippen LogP) is 24.7. The minimum absolute atomic E-state index is 0.0213. The molecule has 0 aromatic heterocycles. The van der Waals surface area contributed by atoms with E-state index in [1.165, 1.54) is 283 Å². The molecule has 0 spiro atoms. The van der Waals surface area contributed by atoms with E-state index in [9.17, 15) is 19.0 Å². The van der Waals surface area contributed by atoms with Crippen molar-refractivity contribution in [2.75, 3.05) is 40.9 Å². The average Bonchev–Trinajstić information content (AvgIpc) is 3.04. The number of ether oxygens (including phenoxy) is 1. The fourth-order valence-corrected chi connectivity index (χ4v) is 12.4. The summed E-state index contributed by atoms with van der Waals surface area (Å²) < 4.78 is 30.5. The molecular formula is C80H151N2O7P. The predicted molar refractivity (Wildman–Crippen MR) is 390 cm³/mol. The molecule has 9 nitrogen and oxygen atoms in total. The van der Waals surface area contributed by atoms with Crippen LogP contribution >= 0.6 is 7.82 Å². The lowest BCUT2D eigenvalue weighted by Crippen LogP contribution is -2.47. The molecule has 0 fully saturated rings. The van der Waals surface area contributed by atoms with Crippen molar-refractivity contribution in [1.29, 1.82) is 0 Å². The highest BCUT2D eigenvalue weighted by Gasteiger charge is 2.27. The third-order valence-corrected chi connectivity index (χ3v) is 18.6. The van der Waals surface area contributed by atoms with E-state index < -0.39 is 20.0 Å². The summed E-state index contributed by atoms with van der Waals surface area (Å²) in [5.74, 6) is -0.524. The lowest BCUT2D eigenvalue weighted by Gasteiger charge is -2.30. The molecule has 90 heavy (non-hydrogen) atoms. The Morgan fingerprint density at radius 3 is 1.04 bits per heavy atom. The van der Waals surface area contributed by atoms with Gasteiger partial charge in [0.25, 0.3) is 7.82 Å². The zero-order valence-corrected chi connectivity index (χ0v) is 61.5. The molecule has 0 aromatic rings. The van der Waals surface area contributed by atoms with E-state index in [0.717, 1.165) is 70.6 Å². The van der Waals surface area contributed by atoms with Crippen molar-refractivity contribution in [3.63, 3.8) is 0 Å². The van der Waals surface area contributed by atoms with Gasteiger partial charge in [0.2, 0.25) is 5.91 Å². The van der Waals surface area contributed by atoms with Gasteiger partial charge in [-0.3, -0.25) is 14.2 Å². The fourth-order valence-electron chi connectivity index (χ4n) is 11.6. The molecule has 3 unspecified atom stereocenters. The quantitative estimate of drug-likeness (QED) is 0.0212. The van der Waals surface area contributed by atoms with Gasteiger partial charge in [-0.1, -0.05) is 339 Å². The molecule has 0 aromatic carbocycles. The zero-order valence-electron chi connectivity index (χ0n) is 60.6. The van der Waals surface area contributed by atoms with E-state index in [2.05, 4.69) is 74.7 Å². The Kier molecular flexibility index (Phi) is 67.8. The number of phosphoric acid groups is 1. The van der Waals surface area contributed by atoms with E-state index in [4.69, 9.17) is 13.8 Å². The molecule has 0 aliphatic rings. The second-order valence-electron chi connectivity index (χ2n) is 27.9. The van der Waals surface area contributed by atoms with Gasteiger partial charge >= 0.3 is 5.97 Å². The van der Waals surface area contributed by atoms with Crippen molar-refractivity contribution >= 4 is 19.7 Å². The van der Waals surface area contributed by atoms with Gasteiger partial charge in [0.1, 0.15) is 19.3 Å². The molecule has 1 amide bonds. The van der Waals surface area contributed by atoms with Crippen LogP contribution in [0.5, 0.6) is 0 Å². The highest BCUT2D eigenvalue weighted by atomic mass is 31.2. The van der Waals surface area contributed by atoms with Gasteiger partial charge in [-0.15, -0.1) is 0 Å². The number of rotatable bonds is 72. The van der Waals surface area contributed by atoms with Crippen LogP contribution in [-0.4, -0.2) is 69.4 Å². The first-order valence-corrected chi connectivity index (χ1v) is 40.6. The summed E-state index contributed by atoms with van der Waals surface area (Å²) in [6, 6.07) is -0.889. The third kappa shape index (κ3) is 70.0. The number of carbonyl (C=O) groups is 2. The summed E-state index contributed by atoms with van der Waals surface area (Å²) in [5.41, 5.74) is 0. The number of likely N-dealkylation sites (N-methyl/N-ethyl adjacent to an activating group) is 1. The van der Waals surface area contributed by atoms with Gasteiger partial charge < -0.3 is 28.5 Å². The maximum absolute atomic E-state index is 13.6. The van der Waals surface area contributed by atoms with Crippen LogP contribution in [0.4, 0.5) is 0 Å². The Morgan fingerprint density at radius 2 is 0.678 bits per heavy atom. The molecule has 0 radical (unpaired) electrons. The number of nitrogens with one attached hydrogen (secondary N) is 1. The smallest absolute Gasteiger partial charge is 0.306 e. The minimum Gasteiger partial charge on any atom is -0.756 e. The first kappa shape index (κ1) is 87.7. The lowest BCUT2D eigenvalue weighted by atomic mass is 10.0. The summed E-state index contributed by atoms with van der Waals surface area (Å²) in [6.07, 6.45) is 90.8. The lowest BCUT2D eigenvalue weighted by molar-refractivity contribution is -0.870. The fraction of sp³-hybridized carbons (Fsp3) is 0.850. The van der Waals surface area contributed by atoms with Gasteiger partial charge in [0, 0.05) is 12.8 Å². The van der Waals surface area contributed by atoms with Crippen molar-refractivity contribution in [3.8, 4) is 0 Å². The van der Waals surface area contributed by atoms with Crippen molar-refractivity contribution in [3.05, 3.63) is 60.8 Å². The van der Waals surface area contributed by atoms with E-state index in [1.54, 1.807) is 0 Å². The highest BCUT2D eigenvalue weighted by molar-refractivity contribution is 7.45. The molecular weight excluding hydrogens is 1130 g/mol. The van der Waals surface area contributed by atoms with Crippen LogP contribution in [0, 0.1) is 0 Å². The topological polar surface area (TPSA) is 114 Å².